The Morgan fingerprint density at radius 2 is 1.88 bits per heavy atom. The van der Waals surface area contributed by atoms with Gasteiger partial charge in [-0.2, -0.15) is 0 Å². The van der Waals surface area contributed by atoms with E-state index in [4.69, 9.17) is 4.74 Å². The van der Waals surface area contributed by atoms with Gasteiger partial charge in [0.2, 0.25) is 0 Å². The molecule has 0 aliphatic carbocycles. The van der Waals surface area contributed by atoms with Gasteiger partial charge in [-0.15, -0.1) is 0 Å². The van der Waals surface area contributed by atoms with Gasteiger partial charge in [0.05, 0.1) is 6.10 Å². The van der Waals surface area contributed by atoms with Gasteiger partial charge in [0.1, 0.15) is 5.78 Å². The molecule has 1 aliphatic rings. The second-order valence-corrected chi connectivity index (χ2v) is 6.36. The fourth-order valence-corrected chi connectivity index (χ4v) is 3.02. The number of carbonyl (C=O) groups excluding carboxylic acids is 3. The van der Waals surface area contributed by atoms with E-state index in [9.17, 15) is 19.5 Å². The molecule has 0 fully saturated rings. The maximum Gasteiger partial charge on any atom is 0.306 e. The maximum atomic E-state index is 12.6. The molecular weight excluding hydrogens is 308 g/mol. The first-order chi connectivity index (χ1) is 11.5. The highest BCUT2D eigenvalue weighted by atomic mass is 16.5. The van der Waals surface area contributed by atoms with Crippen molar-refractivity contribution in [2.45, 2.75) is 64.1 Å². The Morgan fingerprint density at radius 1 is 1.17 bits per heavy atom. The second kappa shape index (κ2) is 8.73. The van der Waals surface area contributed by atoms with E-state index in [1.54, 1.807) is 6.07 Å². The predicted octanol–water partition coefficient (Wildman–Crippen LogP) is 2.69. The van der Waals surface area contributed by atoms with Crippen molar-refractivity contribution in [1.82, 2.24) is 0 Å². The summed E-state index contributed by atoms with van der Waals surface area (Å²) < 4.78 is 5.44. The van der Waals surface area contributed by atoms with Crippen LogP contribution in [-0.4, -0.2) is 28.7 Å². The molecule has 0 unspecified atom stereocenters. The molecule has 24 heavy (non-hydrogen) atoms. The summed E-state index contributed by atoms with van der Waals surface area (Å²) in [5.41, 5.74) is 1.68. The van der Waals surface area contributed by atoms with Crippen LogP contribution in [0.3, 0.4) is 0 Å². The number of aliphatic hydroxyl groups is 1. The van der Waals surface area contributed by atoms with Crippen LogP contribution in [0, 0.1) is 0 Å². The fraction of sp³-hybridized carbons (Fsp3) is 0.526. The topological polar surface area (TPSA) is 80.7 Å². The van der Waals surface area contributed by atoms with Crippen LogP contribution in [0.2, 0.25) is 0 Å². The van der Waals surface area contributed by atoms with Crippen molar-refractivity contribution >= 4 is 17.5 Å². The van der Waals surface area contributed by atoms with Crippen molar-refractivity contribution < 1.29 is 24.2 Å². The van der Waals surface area contributed by atoms with E-state index in [0.717, 1.165) is 31.2 Å². The quantitative estimate of drug-likeness (QED) is 0.839. The van der Waals surface area contributed by atoms with Crippen LogP contribution in [0.4, 0.5) is 0 Å². The van der Waals surface area contributed by atoms with Gasteiger partial charge >= 0.3 is 5.97 Å². The minimum absolute atomic E-state index is 0.0753. The van der Waals surface area contributed by atoms with Crippen LogP contribution >= 0.6 is 0 Å². The Bertz CT molecular complexity index is 608. The Kier molecular flexibility index (Phi) is 6.67. The molecule has 0 bridgehead atoms. The molecule has 1 heterocycles. The Balaban J connectivity index is 2.24. The van der Waals surface area contributed by atoms with Crippen LogP contribution in [0.5, 0.6) is 0 Å². The minimum atomic E-state index is -1.05. The molecule has 0 amide bonds. The van der Waals surface area contributed by atoms with Crippen molar-refractivity contribution in [3.8, 4) is 0 Å². The lowest BCUT2D eigenvalue weighted by Crippen LogP contribution is -2.26. The predicted molar refractivity (Wildman–Crippen MR) is 88.4 cm³/mol. The molecule has 2 atom stereocenters. The SMILES string of the molecule is CC(=O)C[C@@H](O)CC(=O)[C@@H]1OC(=O)CCCCCc2ccccc21. The average Bonchev–Trinajstić information content (AvgIpc) is 2.52. The molecule has 0 aromatic heterocycles. The summed E-state index contributed by atoms with van der Waals surface area (Å²) in [5, 5.41) is 9.88. The van der Waals surface area contributed by atoms with Gasteiger partial charge in [0.25, 0.3) is 0 Å². The number of benzene rings is 1. The molecule has 1 N–H and O–H groups in total. The van der Waals surface area contributed by atoms with Gasteiger partial charge in [-0.3, -0.25) is 14.4 Å². The molecule has 0 saturated carbocycles. The standard InChI is InChI=1S/C19H24O5/c1-13(20)11-15(21)12-17(22)19-16-9-6-5-8-14(16)7-3-2-4-10-18(23)24-19/h5-6,8-9,15,19,21H,2-4,7,10-12H2,1H3/t15-,19-/m1/s1. The van der Waals surface area contributed by atoms with Crippen molar-refractivity contribution in [1.29, 1.82) is 0 Å². The average molecular weight is 332 g/mol. The number of Topliss-reactive ketones (excluding diaryl/α,β-unsaturated/α-hetero) is 2. The van der Waals surface area contributed by atoms with Gasteiger partial charge in [0.15, 0.2) is 11.9 Å². The number of rotatable bonds is 5. The van der Waals surface area contributed by atoms with E-state index >= 15 is 0 Å². The Morgan fingerprint density at radius 3 is 2.62 bits per heavy atom. The van der Waals surface area contributed by atoms with Crippen LogP contribution in [0.15, 0.2) is 24.3 Å². The first-order valence-electron chi connectivity index (χ1n) is 8.45. The lowest BCUT2D eigenvalue weighted by Gasteiger charge is -2.22. The lowest BCUT2D eigenvalue weighted by atomic mass is 9.92. The summed E-state index contributed by atoms with van der Waals surface area (Å²) in [7, 11) is 0. The summed E-state index contributed by atoms with van der Waals surface area (Å²) in [6.45, 7) is 1.37. The molecule has 0 spiro atoms. The molecule has 0 radical (unpaired) electrons. The number of fused-ring (bicyclic) bond motifs is 1. The molecular formula is C19H24O5. The first kappa shape index (κ1) is 18.3. The van der Waals surface area contributed by atoms with Crippen molar-refractivity contribution in [2.24, 2.45) is 0 Å². The third-order valence-electron chi connectivity index (χ3n) is 4.17. The van der Waals surface area contributed by atoms with E-state index in [1.165, 1.54) is 6.92 Å². The molecule has 5 heteroatoms. The normalized spacial score (nSPS) is 19.8. The molecule has 5 nitrogen and oxygen atoms in total. The third-order valence-corrected chi connectivity index (χ3v) is 4.17. The number of ether oxygens (including phenoxy) is 1. The molecule has 1 aliphatic heterocycles. The van der Waals surface area contributed by atoms with Gasteiger partial charge in [0, 0.05) is 24.8 Å². The van der Waals surface area contributed by atoms with Gasteiger partial charge in [-0.05, 0) is 31.7 Å². The van der Waals surface area contributed by atoms with E-state index in [2.05, 4.69) is 0 Å². The first-order valence-corrected chi connectivity index (χ1v) is 8.45. The van der Waals surface area contributed by atoms with Crippen LogP contribution in [-0.2, 0) is 25.5 Å². The number of aliphatic hydroxyl groups excluding tert-OH is 1. The van der Waals surface area contributed by atoms with Crippen molar-refractivity contribution in [3.63, 3.8) is 0 Å². The maximum absolute atomic E-state index is 12.6. The Labute approximate surface area is 142 Å². The summed E-state index contributed by atoms with van der Waals surface area (Å²) >= 11 is 0. The fourth-order valence-electron chi connectivity index (χ4n) is 3.02. The number of hydrogen-bond donors (Lipinski definition) is 1. The van der Waals surface area contributed by atoms with Crippen molar-refractivity contribution in [3.05, 3.63) is 35.4 Å². The second-order valence-electron chi connectivity index (χ2n) is 6.36. The van der Waals surface area contributed by atoms with E-state index in [1.807, 2.05) is 18.2 Å². The largest absolute Gasteiger partial charge is 0.449 e. The van der Waals surface area contributed by atoms with E-state index in [-0.39, 0.29) is 24.4 Å². The number of aryl methyl sites for hydroxylation is 1. The molecule has 1 aromatic carbocycles. The van der Waals surface area contributed by atoms with Crippen LogP contribution in [0.25, 0.3) is 0 Å². The third kappa shape index (κ3) is 5.27. The monoisotopic (exact) mass is 332 g/mol. The Hall–Kier alpha value is -2.01. The van der Waals surface area contributed by atoms with Gasteiger partial charge < -0.3 is 9.84 Å². The highest BCUT2D eigenvalue weighted by Gasteiger charge is 2.29. The highest BCUT2D eigenvalue weighted by Crippen LogP contribution is 2.28. The van der Waals surface area contributed by atoms with Gasteiger partial charge in [-0.1, -0.05) is 30.7 Å². The number of carbonyl (C=O) groups is 3. The summed E-state index contributed by atoms with van der Waals surface area (Å²) in [5.74, 6) is -0.949. The molecule has 130 valence electrons. The number of ketones is 2. The molecule has 1 aromatic rings. The highest BCUT2D eigenvalue weighted by molar-refractivity contribution is 5.88. The zero-order chi connectivity index (χ0) is 17.5. The summed E-state index contributed by atoms with van der Waals surface area (Å²) in [6.07, 6.45) is 1.44. The summed E-state index contributed by atoms with van der Waals surface area (Å²) in [4.78, 5) is 35.7. The van der Waals surface area contributed by atoms with Crippen LogP contribution in [0.1, 0.15) is 62.7 Å². The number of esters is 1. The van der Waals surface area contributed by atoms with Crippen molar-refractivity contribution in [2.75, 3.05) is 0 Å². The van der Waals surface area contributed by atoms with E-state index in [0.29, 0.717) is 12.0 Å². The van der Waals surface area contributed by atoms with Crippen LogP contribution < -0.4 is 0 Å². The zero-order valence-corrected chi connectivity index (χ0v) is 14.0. The molecule has 0 saturated heterocycles. The summed E-state index contributed by atoms with van der Waals surface area (Å²) in [6, 6.07) is 7.45. The molecule has 2 rings (SSSR count). The lowest BCUT2D eigenvalue weighted by molar-refractivity contribution is -0.156. The van der Waals surface area contributed by atoms with Gasteiger partial charge in [-0.25, -0.2) is 0 Å². The van der Waals surface area contributed by atoms with E-state index < -0.39 is 18.2 Å². The number of cyclic esters (lactones) is 1. The number of hydrogen-bond acceptors (Lipinski definition) is 5. The minimum Gasteiger partial charge on any atom is -0.449 e. The zero-order valence-electron chi connectivity index (χ0n) is 14.0. The smallest absolute Gasteiger partial charge is 0.306 e.